The van der Waals surface area contributed by atoms with Gasteiger partial charge in [0, 0.05) is 11.4 Å². The van der Waals surface area contributed by atoms with Crippen LogP contribution in [0.15, 0.2) is 36.0 Å². The summed E-state index contributed by atoms with van der Waals surface area (Å²) in [7, 11) is 0. The zero-order valence-corrected chi connectivity index (χ0v) is 12.3. The van der Waals surface area contributed by atoms with E-state index in [-0.39, 0.29) is 5.50 Å². The lowest BCUT2D eigenvalue weighted by Crippen LogP contribution is -2.38. The van der Waals surface area contributed by atoms with Crippen molar-refractivity contribution in [1.82, 2.24) is 10.6 Å². The molecule has 0 saturated carbocycles. The van der Waals surface area contributed by atoms with Gasteiger partial charge in [0.15, 0.2) is 0 Å². The molecular formula is C16H21ClN2. The monoisotopic (exact) mass is 276 g/mol. The van der Waals surface area contributed by atoms with E-state index in [9.17, 15) is 0 Å². The van der Waals surface area contributed by atoms with E-state index in [2.05, 4.69) is 47.9 Å². The Bertz CT molecular complexity index is 551. The Morgan fingerprint density at radius 2 is 2.00 bits per heavy atom. The maximum absolute atomic E-state index is 6.18. The van der Waals surface area contributed by atoms with E-state index in [0.29, 0.717) is 0 Å². The third kappa shape index (κ3) is 3.77. The largest absolute Gasteiger partial charge is 0.352 e. The number of unbranched alkanes of at least 4 members (excludes halogenated alkanes) is 2. The van der Waals surface area contributed by atoms with Crippen molar-refractivity contribution in [1.29, 1.82) is 0 Å². The average Bonchev–Trinajstić information content (AvgIpc) is 2.43. The molecule has 0 bridgehead atoms. The normalized spacial score (nSPS) is 18.4. The van der Waals surface area contributed by atoms with Crippen molar-refractivity contribution in [3.05, 3.63) is 46.5 Å². The molecule has 0 saturated heterocycles. The minimum atomic E-state index is -0.132. The number of alkyl halides is 1. The quantitative estimate of drug-likeness (QED) is 0.503. The summed E-state index contributed by atoms with van der Waals surface area (Å²) >= 11 is 6.18. The van der Waals surface area contributed by atoms with Gasteiger partial charge in [0.1, 0.15) is 11.3 Å². The minimum Gasteiger partial charge on any atom is -0.352 e. The highest BCUT2D eigenvalue weighted by Gasteiger charge is 2.12. The summed E-state index contributed by atoms with van der Waals surface area (Å²) in [4.78, 5) is 0. The fourth-order valence-corrected chi connectivity index (χ4v) is 2.14. The zero-order chi connectivity index (χ0) is 13.7. The molecule has 1 aliphatic heterocycles. The molecule has 0 spiro atoms. The van der Waals surface area contributed by atoms with E-state index >= 15 is 0 Å². The van der Waals surface area contributed by atoms with Crippen molar-refractivity contribution >= 4 is 23.5 Å². The van der Waals surface area contributed by atoms with Crippen LogP contribution in [0.5, 0.6) is 0 Å². The molecule has 0 amide bonds. The van der Waals surface area contributed by atoms with Crippen LogP contribution in [-0.2, 0) is 0 Å². The molecule has 0 aromatic heterocycles. The van der Waals surface area contributed by atoms with Crippen LogP contribution in [0.1, 0.15) is 33.1 Å². The summed E-state index contributed by atoms with van der Waals surface area (Å²) in [6, 6.07) is 8.53. The van der Waals surface area contributed by atoms with E-state index in [4.69, 9.17) is 11.6 Å². The van der Waals surface area contributed by atoms with Crippen LogP contribution >= 0.6 is 11.6 Å². The molecule has 0 fully saturated rings. The van der Waals surface area contributed by atoms with Crippen LogP contribution in [0.25, 0.3) is 11.9 Å². The second-order valence-electron chi connectivity index (χ2n) is 4.88. The summed E-state index contributed by atoms with van der Waals surface area (Å²) in [5.74, 6) is 0.964. The summed E-state index contributed by atoms with van der Waals surface area (Å²) in [6.45, 7) is 4.21. The van der Waals surface area contributed by atoms with Crippen molar-refractivity contribution in [2.75, 3.05) is 0 Å². The van der Waals surface area contributed by atoms with Gasteiger partial charge >= 0.3 is 0 Å². The first kappa shape index (κ1) is 14.0. The van der Waals surface area contributed by atoms with Crippen molar-refractivity contribution in [2.45, 2.75) is 38.6 Å². The Morgan fingerprint density at radius 3 is 2.63 bits per heavy atom. The van der Waals surface area contributed by atoms with Crippen LogP contribution in [-0.4, -0.2) is 5.50 Å². The van der Waals surface area contributed by atoms with E-state index in [0.717, 1.165) is 23.0 Å². The first-order chi connectivity index (χ1) is 9.20. The van der Waals surface area contributed by atoms with Gasteiger partial charge in [-0.3, -0.25) is 0 Å². The van der Waals surface area contributed by atoms with Gasteiger partial charge in [0.25, 0.3) is 0 Å². The standard InChI is InChI=1S/C16H21ClN2/c1-3-4-5-6-13-7-9-14(10-8-13)16-18-11-12(2)15(17)19-16/h6-11,15,18-19H,3-5H2,1-2H3. The molecule has 0 radical (unpaired) electrons. The van der Waals surface area contributed by atoms with Gasteiger partial charge in [-0.2, -0.15) is 0 Å². The van der Waals surface area contributed by atoms with Gasteiger partial charge in [-0.25, -0.2) is 0 Å². The molecule has 2 rings (SSSR count). The van der Waals surface area contributed by atoms with Crippen LogP contribution in [0, 0.1) is 0 Å². The lowest BCUT2D eigenvalue weighted by molar-refractivity contribution is 0.790. The Hall–Kier alpha value is -1.41. The molecule has 1 aromatic rings. The first-order valence-corrected chi connectivity index (χ1v) is 7.28. The predicted octanol–water partition coefficient (Wildman–Crippen LogP) is 2.38. The number of nitrogens with one attached hydrogen (secondary N) is 2. The van der Waals surface area contributed by atoms with Gasteiger partial charge in [0.05, 0.1) is 0 Å². The molecule has 1 atom stereocenters. The summed E-state index contributed by atoms with van der Waals surface area (Å²) < 4.78 is 0. The second kappa shape index (κ2) is 6.67. The highest BCUT2D eigenvalue weighted by atomic mass is 35.5. The molecule has 1 aliphatic rings. The van der Waals surface area contributed by atoms with Gasteiger partial charge in [-0.05, 0) is 24.1 Å². The summed E-state index contributed by atoms with van der Waals surface area (Å²) in [5.41, 5.74) is 0.960. The van der Waals surface area contributed by atoms with Gasteiger partial charge in [-0.1, -0.05) is 61.7 Å². The minimum absolute atomic E-state index is 0.132. The topological polar surface area (TPSA) is 24.1 Å². The SMILES string of the molecule is CCCCC=c1ccc(=C2NC=C(C)C(Cl)N2)cc1. The third-order valence-electron chi connectivity index (χ3n) is 3.25. The number of halogens is 1. The van der Waals surface area contributed by atoms with E-state index in [1.54, 1.807) is 0 Å². The number of hydrogen-bond donors (Lipinski definition) is 2. The first-order valence-electron chi connectivity index (χ1n) is 6.85. The van der Waals surface area contributed by atoms with Crippen LogP contribution in [0.3, 0.4) is 0 Å². The maximum Gasteiger partial charge on any atom is 0.125 e. The zero-order valence-electron chi connectivity index (χ0n) is 11.5. The highest BCUT2D eigenvalue weighted by molar-refractivity contribution is 6.22. The molecule has 1 heterocycles. The third-order valence-corrected chi connectivity index (χ3v) is 3.71. The molecule has 2 N–H and O–H groups in total. The number of hydrogen-bond acceptors (Lipinski definition) is 2. The van der Waals surface area contributed by atoms with Crippen LogP contribution in [0.2, 0.25) is 0 Å². The Morgan fingerprint density at radius 1 is 1.26 bits per heavy atom. The number of rotatable bonds is 3. The van der Waals surface area contributed by atoms with Crippen molar-refractivity contribution < 1.29 is 0 Å². The summed E-state index contributed by atoms with van der Waals surface area (Å²) in [6.07, 6.45) is 7.87. The molecule has 2 nitrogen and oxygen atoms in total. The van der Waals surface area contributed by atoms with Crippen molar-refractivity contribution in [2.24, 2.45) is 0 Å². The summed E-state index contributed by atoms with van der Waals surface area (Å²) in [5, 5.41) is 8.89. The molecule has 19 heavy (non-hydrogen) atoms. The van der Waals surface area contributed by atoms with Crippen LogP contribution in [0.4, 0.5) is 0 Å². The molecule has 1 unspecified atom stereocenters. The van der Waals surface area contributed by atoms with Crippen molar-refractivity contribution in [3.63, 3.8) is 0 Å². The van der Waals surface area contributed by atoms with Gasteiger partial charge < -0.3 is 10.6 Å². The fourth-order valence-electron chi connectivity index (χ4n) is 1.97. The van der Waals surface area contributed by atoms with Crippen LogP contribution < -0.4 is 21.1 Å². The molecular weight excluding hydrogens is 256 g/mol. The predicted molar refractivity (Wildman–Crippen MR) is 82.8 cm³/mol. The van der Waals surface area contributed by atoms with Gasteiger partial charge in [0.2, 0.25) is 0 Å². The Labute approximate surface area is 119 Å². The van der Waals surface area contributed by atoms with E-state index in [1.165, 1.54) is 18.1 Å². The number of benzene rings is 1. The Kier molecular flexibility index (Phi) is 4.92. The highest BCUT2D eigenvalue weighted by Crippen LogP contribution is 2.10. The smallest absolute Gasteiger partial charge is 0.125 e. The maximum atomic E-state index is 6.18. The fraction of sp³-hybridized carbons (Fsp3) is 0.375. The van der Waals surface area contributed by atoms with E-state index in [1.807, 2.05) is 13.1 Å². The Balaban J connectivity index is 2.21. The average molecular weight is 277 g/mol. The molecule has 0 aliphatic carbocycles. The lowest BCUT2D eigenvalue weighted by Gasteiger charge is -2.22. The second-order valence-corrected chi connectivity index (χ2v) is 5.32. The van der Waals surface area contributed by atoms with Crippen molar-refractivity contribution in [3.8, 4) is 0 Å². The molecule has 102 valence electrons. The lowest BCUT2D eigenvalue weighted by atomic mass is 10.2. The molecule has 1 aromatic carbocycles. The molecule has 3 heteroatoms. The van der Waals surface area contributed by atoms with E-state index < -0.39 is 0 Å². The van der Waals surface area contributed by atoms with Gasteiger partial charge in [-0.15, -0.1) is 0 Å².